The number of hydrogen-bond donors (Lipinski definition) is 0. The Labute approximate surface area is 303 Å². The van der Waals surface area contributed by atoms with Gasteiger partial charge in [-0.25, -0.2) is 0 Å². The fourth-order valence-electron chi connectivity index (χ4n) is 6.54. The van der Waals surface area contributed by atoms with Gasteiger partial charge in [-0.1, -0.05) is 164 Å². The summed E-state index contributed by atoms with van der Waals surface area (Å²) >= 11 is 0. The number of nitrogens with zero attached hydrogens (tertiary/aromatic N) is 1. The average molecular weight is 636 g/mol. The smallest absolute Gasteiger partial charge is 0.0645 e. The molecule has 49 heavy (non-hydrogen) atoms. The zero-order chi connectivity index (χ0) is 43.0. The molecular formula is C48H33N. The molecule has 0 radical (unpaired) electrons. The third-order valence-electron chi connectivity index (χ3n) is 8.84. The highest BCUT2D eigenvalue weighted by Crippen LogP contribution is 2.42. The van der Waals surface area contributed by atoms with Gasteiger partial charge in [0.2, 0.25) is 0 Å². The summed E-state index contributed by atoms with van der Waals surface area (Å²) in [5.41, 5.74) is 1.88. The van der Waals surface area contributed by atoms with Crippen LogP contribution >= 0.6 is 0 Å². The molecule has 0 bridgehead atoms. The standard InChI is InChI=1S/C48H33N/c1-3-12-34(13-4-1)46-31-30-42(33-47(46)36-14-5-2-6-15-36)49(41-29-26-39-23-22-37-17-8-10-20-45(37)48(39)32-41)40-27-24-38(25-28-40)44-21-11-18-35-16-7-9-19-43(35)44/h1-33H/i1D,2D,3D,4D,5D,6D,12D,13D,14D,15D,30D,31D. The largest absolute Gasteiger partial charge is 0.310 e. The molecule has 0 fully saturated rings. The molecule has 0 aromatic heterocycles. The van der Waals surface area contributed by atoms with E-state index >= 15 is 0 Å². The molecule has 9 rings (SSSR count). The van der Waals surface area contributed by atoms with Gasteiger partial charge in [-0.2, -0.15) is 0 Å². The Kier molecular flexibility index (Phi) is 4.71. The van der Waals surface area contributed by atoms with Gasteiger partial charge in [0, 0.05) is 17.1 Å². The molecule has 0 saturated heterocycles. The van der Waals surface area contributed by atoms with Crippen molar-refractivity contribution in [2.24, 2.45) is 0 Å². The van der Waals surface area contributed by atoms with Gasteiger partial charge in [0.05, 0.1) is 16.4 Å². The van der Waals surface area contributed by atoms with Gasteiger partial charge in [-0.15, -0.1) is 0 Å². The molecule has 9 aromatic rings. The predicted octanol–water partition coefficient (Wildman–Crippen LogP) is 13.6. The van der Waals surface area contributed by atoms with Crippen LogP contribution in [0.3, 0.4) is 0 Å². The molecule has 1 nitrogen and oxygen atoms in total. The number of hydrogen-bond acceptors (Lipinski definition) is 1. The second-order valence-corrected chi connectivity index (χ2v) is 11.7. The van der Waals surface area contributed by atoms with Crippen molar-refractivity contribution in [2.45, 2.75) is 0 Å². The van der Waals surface area contributed by atoms with Crippen molar-refractivity contribution in [1.29, 1.82) is 0 Å². The lowest BCUT2D eigenvalue weighted by molar-refractivity contribution is 1.29. The Hall–Kier alpha value is -6.44. The average Bonchev–Trinajstić information content (AvgIpc) is 3.28. The van der Waals surface area contributed by atoms with E-state index in [1.807, 2.05) is 115 Å². The number of rotatable bonds is 6. The fourth-order valence-corrected chi connectivity index (χ4v) is 6.54. The fraction of sp³-hybridized carbons (Fsp3) is 0. The lowest BCUT2D eigenvalue weighted by Crippen LogP contribution is -2.10. The van der Waals surface area contributed by atoms with E-state index in [0.29, 0.717) is 11.4 Å². The Balaban J connectivity index is 1.38. The number of fused-ring (bicyclic) bond motifs is 4. The van der Waals surface area contributed by atoms with Crippen LogP contribution in [0.2, 0.25) is 0 Å². The van der Waals surface area contributed by atoms with Crippen LogP contribution in [0.25, 0.3) is 65.7 Å². The van der Waals surface area contributed by atoms with Gasteiger partial charge in [-0.3, -0.25) is 0 Å². The Morgan fingerprint density at radius 1 is 0.327 bits per heavy atom. The van der Waals surface area contributed by atoms with Crippen LogP contribution in [0.1, 0.15) is 16.4 Å². The number of anilines is 3. The van der Waals surface area contributed by atoms with Crippen LogP contribution in [0.15, 0.2) is 200 Å². The molecule has 0 spiro atoms. The maximum Gasteiger partial charge on any atom is 0.0645 e. The van der Waals surface area contributed by atoms with Crippen LogP contribution in [-0.2, 0) is 0 Å². The predicted molar refractivity (Wildman–Crippen MR) is 210 cm³/mol. The molecular weight excluding hydrogens is 591 g/mol. The highest BCUT2D eigenvalue weighted by atomic mass is 15.1. The summed E-state index contributed by atoms with van der Waals surface area (Å²) in [6, 6.07) is 33.6. The lowest BCUT2D eigenvalue weighted by Gasteiger charge is -2.27. The Morgan fingerprint density at radius 2 is 0.898 bits per heavy atom. The lowest BCUT2D eigenvalue weighted by atomic mass is 9.93. The zero-order valence-corrected chi connectivity index (χ0v) is 26.1. The van der Waals surface area contributed by atoms with Gasteiger partial charge in [-0.05, 0) is 102 Å². The first-order chi connectivity index (χ1) is 29.3. The minimum atomic E-state index is -0.686. The van der Waals surface area contributed by atoms with Crippen molar-refractivity contribution in [2.75, 3.05) is 4.90 Å². The van der Waals surface area contributed by atoms with Crippen molar-refractivity contribution in [3.05, 3.63) is 200 Å². The van der Waals surface area contributed by atoms with Crippen LogP contribution in [-0.4, -0.2) is 0 Å². The van der Waals surface area contributed by atoms with Crippen LogP contribution < -0.4 is 4.90 Å². The molecule has 0 atom stereocenters. The molecule has 0 saturated carbocycles. The van der Waals surface area contributed by atoms with Crippen LogP contribution in [0.5, 0.6) is 0 Å². The summed E-state index contributed by atoms with van der Waals surface area (Å²) in [6.45, 7) is 0. The Morgan fingerprint density at radius 3 is 1.63 bits per heavy atom. The third kappa shape index (κ3) is 5.32. The first-order valence-electron chi connectivity index (χ1n) is 21.9. The quantitative estimate of drug-likeness (QED) is 0.164. The van der Waals surface area contributed by atoms with Crippen LogP contribution in [0, 0.1) is 0 Å². The van der Waals surface area contributed by atoms with Gasteiger partial charge in [0.15, 0.2) is 0 Å². The summed E-state index contributed by atoms with van der Waals surface area (Å²) < 4.78 is 106. The number of benzene rings is 9. The van der Waals surface area contributed by atoms with Crippen molar-refractivity contribution < 1.29 is 16.4 Å². The molecule has 0 heterocycles. The summed E-state index contributed by atoms with van der Waals surface area (Å²) in [5.74, 6) is 0. The second-order valence-electron chi connectivity index (χ2n) is 11.7. The van der Waals surface area contributed by atoms with E-state index < -0.39 is 78.1 Å². The van der Waals surface area contributed by atoms with E-state index in [2.05, 4.69) is 6.07 Å². The zero-order valence-electron chi connectivity index (χ0n) is 38.1. The molecule has 1 heteroatoms. The second kappa shape index (κ2) is 12.3. The normalized spacial score (nSPS) is 14.7. The molecule has 0 amide bonds. The van der Waals surface area contributed by atoms with E-state index in [9.17, 15) is 2.74 Å². The van der Waals surface area contributed by atoms with Crippen molar-refractivity contribution in [3.8, 4) is 33.4 Å². The van der Waals surface area contributed by atoms with Crippen molar-refractivity contribution >= 4 is 49.4 Å². The van der Waals surface area contributed by atoms with Gasteiger partial charge in [0.1, 0.15) is 0 Å². The van der Waals surface area contributed by atoms with E-state index in [1.54, 1.807) is 4.90 Å². The third-order valence-corrected chi connectivity index (χ3v) is 8.84. The minimum absolute atomic E-state index is 0.0837. The SMILES string of the molecule is [2H]c1c(N(c2ccc(-c3cccc4ccccc34)cc2)c2ccc3ccc4ccccc4c3c2)cc(-c2c([2H])c([2H])c([2H])c([2H])c2[2H])c(-c2c([2H])c([2H])c([2H])c([2H])c2[2H])c1[2H]. The highest BCUT2D eigenvalue weighted by Gasteiger charge is 2.18. The summed E-state index contributed by atoms with van der Waals surface area (Å²) in [6.07, 6.45) is 0. The maximum absolute atomic E-state index is 9.67. The van der Waals surface area contributed by atoms with E-state index in [0.717, 1.165) is 43.4 Å². The molecule has 9 aromatic carbocycles. The summed E-state index contributed by atoms with van der Waals surface area (Å²) in [7, 11) is 0. The van der Waals surface area contributed by atoms with E-state index in [1.165, 1.54) is 6.07 Å². The van der Waals surface area contributed by atoms with Gasteiger partial charge in [0.25, 0.3) is 0 Å². The molecule has 0 aliphatic rings. The first-order valence-corrected chi connectivity index (χ1v) is 15.9. The van der Waals surface area contributed by atoms with Crippen molar-refractivity contribution in [1.82, 2.24) is 0 Å². The maximum atomic E-state index is 9.67. The van der Waals surface area contributed by atoms with Crippen molar-refractivity contribution in [3.63, 3.8) is 0 Å². The molecule has 0 aliphatic heterocycles. The Bertz CT molecular complexity index is 3230. The van der Waals surface area contributed by atoms with E-state index in [-0.39, 0.29) is 22.4 Å². The summed E-state index contributed by atoms with van der Waals surface area (Å²) in [4.78, 5) is 1.76. The highest BCUT2D eigenvalue weighted by molar-refractivity contribution is 6.09. The summed E-state index contributed by atoms with van der Waals surface area (Å²) in [5, 5.41) is 6.01. The molecule has 230 valence electrons. The molecule has 0 N–H and O–H groups in total. The molecule has 0 aliphatic carbocycles. The van der Waals surface area contributed by atoms with Crippen LogP contribution in [0.4, 0.5) is 17.1 Å². The van der Waals surface area contributed by atoms with Gasteiger partial charge < -0.3 is 4.90 Å². The monoisotopic (exact) mass is 635 g/mol. The van der Waals surface area contributed by atoms with Gasteiger partial charge >= 0.3 is 0 Å². The minimum Gasteiger partial charge on any atom is -0.310 e. The molecule has 0 unspecified atom stereocenters. The van der Waals surface area contributed by atoms with E-state index in [4.69, 9.17) is 13.7 Å². The first kappa shape index (κ1) is 18.8. The topological polar surface area (TPSA) is 3.24 Å².